The molecule has 130 valence electrons. The predicted molar refractivity (Wildman–Crippen MR) is 99.9 cm³/mol. The summed E-state index contributed by atoms with van der Waals surface area (Å²) in [6.45, 7) is 4.84. The minimum atomic E-state index is 0.736. The number of benzene rings is 2. The van der Waals surface area contributed by atoms with E-state index in [2.05, 4.69) is 61.3 Å². The molecule has 0 spiro atoms. The van der Waals surface area contributed by atoms with Gasteiger partial charge in [-0.1, -0.05) is 49.7 Å². The summed E-state index contributed by atoms with van der Waals surface area (Å²) in [5.41, 5.74) is 2.63. The molecule has 3 nitrogen and oxygen atoms in total. The van der Waals surface area contributed by atoms with Crippen molar-refractivity contribution in [2.24, 2.45) is 0 Å². The van der Waals surface area contributed by atoms with Crippen molar-refractivity contribution in [1.29, 1.82) is 0 Å². The number of ether oxygens (including phenoxy) is 2. The van der Waals surface area contributed by atoms with E-state index in [1.54, 1.807) is 7.11 Å². The highest BCUT2D eigenvalue weighted by Crippen LogP contribution is 2.28. The fourth-order valence-corrected chi connectivity index (χ4v) is 2.61. The monoisotopic (exact) mass is 327 g/mol. The minimum Gasteiger partial charge on any atom is -0.493 e. The van der Waals surface area contributed by atoms with Crippen LogP contribution < -0.4 is 9.47 Å². The lowest BCUT2D eigenvalue weighted by Crippen LogP contribution is -2.20. The number of hydrogen-bond acceptors (Lipinski definition) is 3. The van der Waals surface area contributed by atoms with Gasteiger partial charge in [0.25, 0.3) is 0 Å². The minimum absolute atomic E-state index is 0.736. The van der Waals surface area contributed by atoms with Crippen molar-refractivity contribution in [3.05, 3.63) is 59.7 Å². The molecule has 2 aromatic carbocycles. The van der Waals surface area contributed by atoms with Crippen molar-refractivity contribution in [2.75, 3.05) is 27.3 Å². The topological polar surface area (TPSA) is 21.7 Å². The Kier molecular flexibility index (Phi) is 7.63. The zero-order valence-electron chi connectivity index (χ0n) is 15.1. The van der Waals surface area contributed by atoms with Crippen LogP contribution in [0.4, 0.5) is 0 Å². The summed E-state index contributed by atoms with van der Waals surface area (Å²) >= 11 is 0. The van der Waals surface area contributed by atoms with Crippen molar-refractivity contribution < 1.29 is 9.47 Å². The van der Waals surface area contributed by atoms with Crippen LogP contribution in [0.2, 0.25) is 0 Å². The SMILES string of the molecule is CCCCOc1cc(CN(C)CCc2ccccc2)ccc1OC. The fourth-order valence-electron chi connectivity index (χ4n) is 2.61. The maximum Gasteiger partial charge on any atom is 0.161 e. The van der Waals surface area contributed by atoms with E-state index in [0.717, 1.165) is 50.5 Å². The second kappa shape index (κ2) is 9.99. The van der Waals surface area contributed by atoms with Gasteiger partial charge in [0, 0.05) is 13.1 Å². The van der Waals surface area contributed by atoms with Crippen LogP contribution >= 0.6 is 0 Å². The van der Waals surface area contributed by atoms with Gasteiger partial charge in [0.15, 0.2) is 11.5 Å². The van der Waals surface area contributed by atoms with Crippen molar-refractivity contribution in [2.45, 2.75) is 32.7 Å². The van der Waals surface area contributed by atoms with Gasteiger partial charge in [0.05, 0.1) is 13.7 Å². The zero-order chi connectivity index (χ0) is 17.2. The molecule has 0 N–H and O–H groups in total. The van der Waals surface area contributed by atoms with Gasteiger partial charge in [-0.05, 0) is 43.1 Å². The van der Waals surface area contributed by atoms with Gasteiger partial charge >= 0.3 is 0 Å². The molecule has 2 aromatic rings. The highest BCUT2D eigenvalue weighted by Gasteiger charge is 2.08. The molecule has 0 aliphatic rings. The molecule has 0 radical (unpaired) electrons. The quantitative estimate of drug-likeness (QED) is 0.598. The van der Waals surface area contributed by atoms with Crippen molar-refractivity contribution in [1.82, 2.24) is 4.90 Å². The van der Waals surface area contributed by atoms with E-state index in [1.807, 2.05) is 6.07 Å². The Balaban J connectivity index is 1.91. The van der Waals surface area contributed by atoms with E-state index >= 15 is 0 Å². The zero-order valence-corrected chi connectivity index (χ0v) is 15.1. The Morgan fingerprint density at radius 1 is 0.958 bits per heavy atom. The molecule has 0 heterocycles. The number of hydrogen-bond donors (Lipinski definition) is 0. The van der Waals surface area contributed by atoms with Gasteiger partial charge in [-0.15, -0.1) is 0 Å². The number of unbranched alkanes of at least 4 members (excludes halogenated alkanes) is 1. The molecular formula is C21H29NO2. The predicted octanol–water partition coefficient (Wildman–Crippen LogP) is 4.55. The Hall–Kier alpha value is -2.00. The average molecular weight is 327 g/mol. The molecule has 3 heteroatoms. The summed E-state index contributed by atoms with van der Waals surface area (Å²) in [4.78, 5) is 2.34. The second-order valence-electron chi connectivity index (χ2n) is 6.16. The molecule has 2 rings (SSSR count). The third kappa shape index (κ3) is 5.89. The Morgan fingerprint density at radius 2 is 1.75 bits per heavy atom. The summed E-state index contributed by atoms with van der Waals surface area (Å²) in [6.07, 6.45) is 3.25. The van der Waals surface area contributed by atoms with E-state index in [4.69, 9.17) is 9.47 Å². The molecule has 0 aliphatic carbocycles. The van der Waals surface area contributed by atoms with E-state index in [-0.39, 0.29) is 0 Å². The van der Waals surface area contributed by atoms with Gasteiger partial charge in [0.2, 0.25) is 0 Å². The molecule has 24 heavy (non-hydrogen) atoms. The van der Waals surface area contributed by atoms with Gasteiger partial charge in [0.1, 0.15) is 0 Å². The molecule has 0 atom stereocenters. The first-order valence-corrected chi connectivity index (χ1v) is 8.75. The highest BCUT2D eigenvalue weighted by molar-refractivity contribution is 5.43. The Bertz CT molecular complexity index is 598. The van der Waals surface area contributed by atoms with Crippen LogP contribution in [0, 0.1) is 0 Å². The fraction of sp³-hybridized carbons (Fsp3) is 0.429. The first-order valence-electron chi connectivity index (χ1n) is 8.75. The van der Waals surface area contributed by atoms with Crippen LogP contribution in [0.15, 0.2) is 48.5 Å². The number of methoxy groups -OCH3 is 1. The van der Waals surface area contributed by atoms with Crippen LogP contribution in [-0.2, 0) is 13.0 Å². The van der Waals surface area contributed by atoms with Crippen LogP contribution in [0.3, 0.4) is 0 Å². The van der Waals surface area contributed by atoms with Crippen LogP contribution in [0.1, 0.15) is 30.9 Å². The van der Waals surface area contributed by atoms with Crippen LogP contribution in [0.5, 0.6) is 11.5 Å². The third-order valence-electron chi connectivity index (χ3n) is 4.06. The summed E-state index contributed by atoms with van der Waals surface area (Å²) in [6, 6.07) is 16.8. The number of nitrogens with zero attached hydrogens (tertiary/aromatic N) is 1. The number of likely N-dealkylation sites (N-methyl/N-ethyl adjacent to an activating group) is 1. The summed E-state index contributed by atoms with van der Waals surface area (Å²) in [5, 5.41) is 0. The van der Waals surface area contributed by atoms with Gasteiger partial charge < -0.3 is 14.4 Å². The van der Waals surface area contributed by atoms with E-state index < -0.39 is 0 Å². The summed E-state index contributed by atoms with van der Waals surface area (Å²) < 4.78 is 11.3. The van der Waals surface area contributed by atoms with Crippen LogP contribution in [-0.4, -0.2) is 32.2 Å². The van der Waals surface area contributed by atoms with E-state index in [0.29, 0.717) is 0 Å². The summed E-state index contributed by atoms with van der Waals surface area (Å²) in [5.74, 6) is 1.65. The van der Waals surface area contributed by atoms with Crippen LogP contribution in [0.25, 0.3) is 0 Å². The average Bonchev–Trinajstić information content (AvgIpc) is 2.61. The van der Waals surface area contributed by atoms with Gasteiger partial charge in [-0.3, -0.25) is 0 Å². The maximum atomic E-state index is 5.88. The molecule has 0 amide bonds. The molecule has 0 aliphatic heterocycles. The molecule has 0 bridgehead atoms. The first kappa shape index (κ1) is 18.3. The smallest absolute Gasteiger partial charge is 0.161 e. The second-order valence-corrected chi connectivity index (χ2v) is 6.16. The maximum absolute atomic E-state index is 5.88. The molecule has 0 saturated carbocycles. The van der Waals surface area contributed by atoms with Crippen molar-refractivity contribution >= 4 is 0 Å². The standard InChI is InChI=1S/C21H29NO2/c1-4-5-15-24-21-16-19(11-12-20(21)23-3)17-22(2)14-13-18-9-7-6-8-10-18/h6-12,16H,4-5,13-15,17H2,1-3H3. The Labute approximate surface area is 146 Å². The highest BCUT2D eigenvalue weighted by atomic mass is 16.5. The van der Waals surface area contributed by atoms with Gasteiger partial charge in [-0.25, -0.2) is 0 Å². The van der Waals surface area contributed by atoms with Gasteiger partial charge in [-0.2, -0.15) is 0 Å². The lowest BCUT2D eigenvalue weighted by atomic mass is 10.1. The lowest BCUT2D eigenvalue weighted by Gasteiger charge is -2.18. The van der Waals surface area contributed by atoms with E-state index in [1.165, 1.54) is 11.1 Å². The van der Waals surface area contributed by atoms with E-state index in [9.17, 15) is 0 Å². The van der Waals surface area contributed by atoms with Crippen molar-refractivity contribution in [3.8, 4) is 11.5 Å². The largest absolute Gasteiger partial charge is 0.493 e. The molecule has 0 saturated heterocycles. The molecule has 0 unspecified atom stereocenters. The summed E-state index contributed by atoms with van der Waals surface area (Å²) in [7, 11) is 3.85. The number of rotatable bonds is 10. The third-order valence-corrected chi connectivity index (χ3v) is 4.06. The lowest BCUT2D eigenvalue weighted by molar-refractivity contribution is 0.286. The first-order chi connectivity index (χ1) is 11.7. The Morgan fingerprint density at radius 3 is 2.46 bits per heavy atom. The van der Waals surface area contributed by atoms with Crippen molar-refractivity contribution in [3.63, 3.8) is 0 Å². The molecular weight excluding hydrogens is 298 g/mol. The molecule has 0 fully saturated rings. The normalized spacial score (nSPS) is 10.8. The molecule has 0 aromatic heterocycles.